The first kappa shape index (κ1) is 7.59. The lowest BCUT2D eigenvalue weighted by molar-refractivity contribution is -0.139. The molecule has 0 fully saturated rings. The van der Waals surface area contributed by atoms with Crippen LogP contribution in [0.15, 0.2) is 6.07 Å². The molecule has 5 heteroatoms. The molecule has 0 saturated carbocycles. The van der Waals surface area contributed by atoms with E-state index in [-0.39, 0.29) is 18.3 Å². The molecule has 0 aliphatic heterocycles. The maximum absolute atomic E-state index is 10.6. The molecule has 5 nitrogen and oxygen atoms in total. The van der Waals surface area contributed by atoms with Gasteiger partial charge in [-0.25, -0.2) is 0 Å². The van der Waals surface area contributed by atoms with E-state index in [9.17, 15) is 4.79 Å². The SMILES string of the molecule is COC(=O)Cc1cc(O)n[nH]1. The predicted molar refractivity (Wildman–Crippen MR) is 36.0 cm³/mol. The van der Waals surface area contributed by atoms with Crippen molar-refractivity contribution in [1.29, 1.82) is 0 Å². The summed E-state index contributed by atoms with van der Waals surface area (Å²) in [4.78, 5) is 10.6. The standard InChI is InChI=1S/C6H8N2O3/c1-11-6(10)3-4-2-5(9)8-7-4/h2H,3H2,1H3,(H2,7,8,9). The van der Waals surface area contributed by atoms with Gasteiger partial charge in [0.05, 0.1) is 19.2 Å². The first-order chi connectivity index (χ1) is 5.22. The number of aromatic hydroxyl groups is 1. The van der Waals surface area contributed by atoms with Gasteiger partial charge in [0.25, 0.3) is 0 Å². The van der Waals surface area contributed by atoms with E-state index in [1.807, 2.05) is 0 Å². The van der Waals surface area contributed by atoms with Gasteiger partial charge in [0.1, 0.15) is 0 Å². The van der Waals surface area contributed by atoms with Gasteiger partial charge in [-0.2, -0.15) is 0 Å². The summed E-state index contributed by atoms with van der Waals surface area (Å²) in [5.74, 6) is -0.488. The third-order valence-electron chi connectivity index (χ3n) is 1.18. The minimum absolute atomic E-state index is 0.101. The second kappa shape index (κ2) is 3.05. The Labute approximate surface area is 63.0 Å². The normalized spacial score (nSPS) is 9.55. The molecular weight excluding hydrogens is 148 g/mol. The molecule has 0 unspecified atom stereocenters. The average Bonchev–Trinajstić information content (AvgIpc) is 2.35. The Morgan fingerprint density at radius 3 is 3.09 bits per heavy atom. The van der Waals surface area contributed by atoms with Crippen LogP contribution in [0.1, 0.15) is 5.69 Å². The number of methoxy groups -OCH3 is 1. The molecule has 1 heterocycles. The van der Waals surface area contributed by atoms with E-state index >= 15 is 0 Å². The first-order valence-corrected chi connectivity index (χ1v) is 3.02. The number of aromatic amines is 1. The Morgan fingerprint density at radius 1 is 1.91 bits per heavy atom. The number of aromatic nitrogens is 2. The van der Waals surface area contributed by atoms with Gasteiger partial charge in [0.15, 0.2) is 0 Å². The highest BCUT2D eigenvalue weighted by molar-refractivity contribution is 5.71. The van der Waals surface area contributed by atoms with Crippen LogP contribution < -0.4 is 0 Å². The highest BCUT2D eigenvalue weighted by Crippen LogP contribution is 2.05. The molecule has 0 radical (unpaired) electrons. The third-order valence-corrected chi connectivity index (χ3v) is 1.18. The topological polar surface area (TPSA) is 75.2 Å². The van der Waals surface area contributed by atoms with Gasteiger partial charge in [-0.1, -0.05) is 0 Å². The lowest BCUT2D eigenvalue weighted by Gasteiger charge is -1.93. The smallest absolute Gasteiger partial charge is 0.311 e. The van der Waals surface area contributed by atoms with Crippen LogP contribution in [0.5, 0.6) is 5.88 Å². The summed E-state index contributed by atoms with van der Waals surface area (Å²) in [5.41, 5.74) is 0.536. The lowest BCUT2D eigenvalue weighted by atomic mass is 10.3. The van der Waals surface area contributed by atoms with Crippen molar-refractivity contribution >= 4 is 5.97 Å². The van der Waals surface area contributed by atoms with Crippen molar-refractivity contribution in [3.05, 3.63) is 11.8 Å². The van der Waals surface area contributed by atoms with E-state index in [1.165, 1.54) is 13.2 Å². The van der Waals surface area contributed by atoms with Gasteiger partial charge in [-0.3, -0.25) is 9.89 Å². The van der Waals surface area contributed by atoms with Crippen LogP contribution in [0, 0.1) is 0 Å². The van der Waals surface area contributed by atoms with Crippen LogP contribution >= 0.6 is 0 Å². The molecule has 0 saturated heterocycles. The molecule has 0 aromatic carbocycles. The number of nitrogens with one attached hydrogen (secondary N) is 1. The molecule has 60 valence electrons. The first-order valence-electron chi connectivity index (χ1n) is 3.02. The fraction of sp³-hybridized carbons (Fsp3) is 0.333. The number of H-pyrrole nitrogens is 1. The molecule has 1 aromatic heterocycles. The molecule has 1 rings (SSSR count). The van der Waals surface area contributed by atoms with E-state index in [4.69, 9.17) is 5.11 Å². The van der Waals surface area contributed by atoms with Gasteiger partial charge < -0.3 is 9.84 Å². The molecule has 0 spiro atoms. The molecular formula is C6H8N2O3. The molecule has 0 bridgehead atoms. The minimum atomic E-state index is -0.367. The van der Waals surface area contributed by atoms with Crippen molar-refractivity contribution in [2.45, 2.75) is 6.42 Å². The van der Waals surface area contributed by atoms with Crippen LogP contribution in [0.3, 0.4) is 0 Å². The number of carbonyl (C=O) groups is 1. The van der Waals surface area contributed by atoms with Crippen LogP contribution in [0.4, 0.5) is 0 Å². The van der Waals surface area contributed by atoms with Crippen molar-refractivity contribution in [3.8, 4) is 5.88 Å². The fourth-order valence-electron chi connectivity index (χ4n) is 0.668. The number of carbonyl (C=O) groups excluding carboxylic acids is 1. The lowest BCUT2D eigenvalue weighted by Crippen LogP contribution is -2.04. The highest BCUT2D eigenvalue weighted by atomic mass is 16.5. The number of rotatable bonds is 2. The van der Waals surface area contributed by atoms with E-state index in [0.717, 1.165) is 0 Å². The molecule has 0 amide bonds. The van der Waals surface area contributed by atoms with Gasteiger partial charge in [-0.05, 0) is 0 Å². The van der Waals surface area contributed by atoms with Crippen molar-refractivity contribution < 1.29 is 14.6 Å². The van der Waals surface area contributed by atoms with Crippen molar-refractivity contribution in [2.24, 2.45) is 0 Å². The number of ether oxygens (including phenoxy) is 1. The summed E-state index contributed by atoms with van der Waals surface area (Å²) >= 11 is 0. The third kappa shape index (κ3) is 1.96. The number of hydrogen-bond acceptors (Lipinski definition) is 4. The molecule has 0 aliphatic rings. The van der Waals surface area contributed by atoms with Crippen molar-refractivity contribution in [2.75, 3.05) is 7.11 Å². The van der Waals surface area contributed by atoms with Gasteiger partial charge in [-0.15, -0.1) is 5.10 Å². The van der Waals surface area contributed by atoms with E-state index in [1.54, 1.807) is 0 Å². The molecule has 0 atom stereocenters. The summed E-state index contributed by atoms with van der Waals surface area (Å²) < 4.78 is 4.40. The van der Waals surface area contributed by atoms with Crippen LogP contribution in [0.25, 0.3) is 0 Å². The summed E-state index contributed by atoms with van der Waals surface area (Å²) in [7, 11) is 1.30. The van der Waals surface area contributed by atoms with Crippen molar-refractivity contribution in [3.63, 3.8) is 0 Å². The summed E-state index contributed by atoms with van der Waals surface area (Å²) in [5, 5.41) is 14.6. The Hall–Kier alpha value is -1.52. The van der Waals surface area contributed by atoms with E-state index < -0.39 is 0 Å². The molecule has 2 N–H and O–H groups in total. The van der Waals surface area contributed by atoms with Gasteiger partial charge in [0.2, 0.25) is 5.88 Å². The second-order valence-electron chi connectivity index (χ2n) is 2.00. The van der Waals surface area contributed by atoms with E-state index in [0.29, 0.717) is 5.69 Å². The van der Waals surface area contributed by atoms with Crippen LogP contribution in [-0.2, 0) is 16.0 Å². The Kier molecular flexibility index (Phi) is 2.10. The monoisotopic (exact) mass is 156 g/mol. The number of nitrogens with zero attached hydrogens (tertiary/aromatic N) is 1. The van der Waals surface area contributed by atoms with Crippen LogP contribution in [-0.4, -0.2) is 28.4 Å². The quantitative estimate of drug-likeness (QED) is 0.583. The Balaban J connectivity index is 2.57. The van der Waals surface area contributed by atoms with Crippen LogP contribution in [0.2, 0.25) is 0 Å². The molecule has 0 aliphatic carbocycles. The number of esters is 1. The summed E-state index contributed by atoms with van der Waals surface area (Å²) in [6, 6.07) is 1.37. The maximum Gasteiger partial charge on any atom is 0.311 e. The largest absolute Gasteiger partial charge is 0.492 e. The second-order valence-corrected chi connectivity index (χ2v) is 2.00. The average molecular weight is 156 g/mol. The summed E-state index contributed by atoms with van der Waals surface area (Å²) in [6.07, 6.45) is 0.101. The highest BCUT2D eigenvalue weighted by Gasteiger charge is 2.04. The summed E-state index contributed by atoms with van der Waals surface area (Å²) in [6.45, 7) is 0. The van der Waals surface area contributed by atoms with E-state index in [2.05, 4.69) is 14.9 Å². The zero-order chi connectivity index (χ0) is 8.27. The van der Waals surface area contributed by atoms with Crippen molar-refractivity contribution in [1.82, 2.24) is 10.2 Å². The minimum Gasteiger partial charge on any atom is -0.492 e. The fourth-order valence-corrected chi connectivity index (χ4v) is 0.668. The van der Waals surface area contributed by atoms with Gasteiger partial charge in [0, 0.05) is 6.07 Å². The zero-order valence-corrected chi connectivity index (χ0v) is 6.00. The molecule has 1 aromatic rings. The Bertz CT molecular complexity index is 256. The zero-order valence-electron chi connectivity index (χ0n) is 6.00. The molecule has 11 heavy (non-hydrogen) atoms. The number of hydrogen-bond donors (Lipinski definition) is 2. The Morgan fingerprint density at radius 2 is 2.64 bits per heavy atom. The predicted octanol–water partition coefficient (Wildman–Crippen LogP) is -0.169. The maximum atomic E-state index is 10.6. The van der Waals surface area contributed by atoms with Gasteiger partial charge >= 0.3 is 5.97 Å².